The summed E-state index contributed by atoms with van der Waals surface area (Å²) < 4.78 is 24.8. The maximum absolute atomic E-state index is 13.9. The van der Waals surface area contributed by atoms with E-state index in [0.717, 1.165) is 5.56 Å². The van der Waals surface area contributed by atoms with Gasteiger partial charge in [0.25, 0.3) is 0 Å². The van der Waals surface area contributed by atoms with E-state index in [0.29, 0.717) is 22.9 Å². The number of halogens is 2. The summed E-state index contributed by atoms with van der Waals surface area (Å²) >= 11 is 6.14. The lowest BCUT2D eigenvalue weighted by molar-refractivity contribution is -0.129. The van der Waals surface area contributed by atoms with Crippen molar-refractivity contribution in [2.75, 3.05) is 0 Å². The van der Waals surface area contributed by atoms with Gasteiger partial charge in [-0.15, -0.1) is 0 Å². The van der Waals surface area contributed by atoms with E-state index in [1.807, 2.05) is 18.2 Å². The largest absolute Gasteiger partial charge is 0.489 e. The fourth-order valence-electron chi connectivity index (χ4n) is 2.79. The molecule has 1 aliphatic rings. The van der Waals surface area contributed by atoms with Gasteiger partial charge in [-0.25, -0.2) is 14.2 Å². The Morgan fingerprint density at radius 1 is 1.03 bits per heavy atom. The number of hydrogen-bond donors (Lipinski definition) is 0. The summed E-state index contributed by atoms with van der Waals surface area (Å²) in [6.45, 7) is 0.317. The lowest BCUT2D eigenvalue weighted by Gasteiger charge is -2.08. The second kappa shape index (κ2) is 8.29. The predicted molar refractivity (Wildman–Crippen MR) is 109 cm³/mol. The SMILES string of the molecule is O=C1OC(c2ccccc2F)=N/C1=C\c1cccc(OCc2ccccc2Cl)c1. The van der Waals surface area contributed by atoms with Crippen LogP contribution in [0.25, 0.3) is 6.08 Å². The van der Waals surface area contributed by atoms with Crippen molar-refractivity contribution in [3.8, 4) is 5.75 Å². The number of esters is 1. The average molecular weight is 408 g/mol. The molecular formula is C23H15ClFNO3. The molecule has 29 heavy (non-hydrogen) atoms. The zero-order chi connectivity index (χ0) is 20.2. The molecule has 1 aliphatic heterocycles. The summed E-state index contributed by atoms with van der Waals surface area (Å²) in [5.41, 5.74) is 1.80. The maximum atomic E-state index is 13.9. The molecule has 4 nitrogen and oxygen atoms in total. The van der Waals surface area contributed by atoms with Crippen LogP contribution in [0.5, 0.6) is 5.75 Å². The molecule has 1 heterocycles. The van der Waals surface area contributed by atoms with Crippen molar-refractivity contribution in [2.45, 2.75) is 6.61 Å². The Kier molecular flexibility index (Phi) is 5.40. The fraction of sp³-hybridized carbons (Fsp3) is 0.0435. The van der Waals surface area contributed by atoms with Crippen LogP contribution in [-0.4, -0.2) is 11.9 Å². The third kappa shape index (κ3) is 4.36. The summed E-state index contributed by atoms with van der Waals surface area (Å²) in [7, 11) is 0. The van der Waals surface area contributed by atoms with E-state index < -0.39 is 11.8 Å². The standard InChI is InChI=1S/C23H15ClFNO3/c24-19-10-3-1-7-16(19)14-28-17-8-5-6-15(12-17)13-21-23(27)29-22(26-21)18-9-2-4-11-20(18)25/h1-13H,14H2/b21-13-. The summed E-state index contributed by atoms with van der Waals surface area (Å²) in [6, 6.07) is 20.6. The first-order valence-corrected chi connectivity index (χ1v) is 9.22. The van der Waals surface area contributed by atoms with E-state index in [4.69, 9.17) is 21.1 Å². The molecular weight excluding hydrogens is 393 g/mol. The van der Waals surface area contributed by atoms with Crippen molar-refractivity contribution in [3.63, 3.8) is 0 Å². The number of carbonyl (C=O) groups excluding carboxylic acids is 1. The molecule has 0 N–H and O–H groups in total. The second-order valence-corrected chi connectivity index (χ2v) is 6.68. The molecule has 0 aromatic heterocycles. The van der Waals surface area contributed by atoms with Gasteiger partial charge in [-0.05, 0) is 42.0 Å². The maximum Gasteiger partial charge on any atom is 0.363 e. The number of carbonyl (C=O) groups is 1. The molecule has 144 valence electrons. The van der Waals surface area contributed by atoms with Gasteiger partial charge in [0.15, 0.2) is 5.70 Å². The van der Waals surface area contributed by atoms with Crippen molar-refractivity contribution in [3.05, 3.63) is 106 Å². The van der Waals surface area contributed by atoms with Crippen LogP contribution in [0.15, 0.2) is 83.5 Å². The van der Waals surface area contributed by atoms with Crippen molar-refractivity contribution in [2.24, 2.45) is 4.99 Å². The molecule has 3 aromatic rings. The third-order valence-electron chi connectivity index (χ3n) is 4.24. The molecule has 0 bridgehead atoms. The van der Waals surface area contributed by atoms with E-state index >= 15 is 0 Å². The summed E-state index contributed by atoms with van der Waals surface area (Å²) in [6.07, 6.45) is 1.57. The molecule has 0 radical (unpaired) electrons. The first-order chi connectivity index (χ1) is 14.1. The van der Waals surface area contributed by atoms with Crippen LogP contribution in [-0.2, 0) is 16.1 Å². The number of nitrogens with zero attached hydrogens (tertiary/aromatic N) is 1. The topological polar surface area (TPSA) is 47.9 Å². The van der Waals surface area contributed by atoms with Crippen molar-refractivity contribution in [1.29, 1.82) is 0 Å². The van der Waals surface area contributed by atoms with E-state index in [1.54, 1.807) is 48.5 Å². The highest BCUT2D eigenvalue weighted by molar-refractivity contribution is 6.31. The van der Waals surface area contributed by atoms with Gasteiger partial charge in [0.1, 0.15) is 18.2 Å². The quantitative estimate of drug-likeness (QED) is 0.420. The number of cyclic esters (lactones) is 1. The fourth-order valence-corrected chi connectivity index (χ4v) is 2.98. The van der Waals surface area contributed by atoms with Crippen LogP contribution < -0.4 is 4.74 Å². The van der Waals surface area contributed by atoms with Gasteiger partial charge in [-0.2, -0.15) is 0 Å². The van der Waals surface area contributed by atoms with Gasteiger partial charge < -0.3 is 9.47 Å². The van der Waals surface area contributed by atoms with Crippen LogP contribution in [0.4, 0.5) is 4.39 Å². The minimum absolute atomic E-state index is 0.0505. The van der Waals surface area contributed by atoms with Crippen molar-refractivity contribution >= 4 is 29.5 Å². The third-order valence-corrected chi connectivity index (χ3v) is 4.61. The molecule has 0 aliphatic carbocycles. The zero-order valence-electron chi connectivity index (χ0n) is 15.1. The van der Waals surface area contributed by atoms with Gasteiger partial charge in [0.05, 0.1) is 5.56 Å². The van der Waals surface area contributed by atoms with Crippen molar-refractivity contribution < 1.29 is 18.7 Å². The minimum atomic E-state index is -0.634. The first kappa shape index (κ1) is 18.9. The lowest BCUT2D eigenvalue weighted by Crippen LogP contribution is -2.07. The smallest absolute Gasteiger partial charge is 0.363 e. The number of rotatable bonds is 5. The number of hydrogen-bond acceptors (Lipinski definition) is 4. The van der Waals surface area contributed by atoms with Gasteiger partial charge in [0.2, 0.25) is 5.90 Å². The Hall–Kier alpha value is -3.44. The Morgan fingerprint density at radius 2 is 1.83 bits per heavy atom. The molecule has 0 fully saturated rings. The van der Waals surface area contributed by atoms with Gasteiger partial charge >= 0.3 is 5.97 Å². The number of aliphatic imine (C=N–C) groups is 1. The molecule has 0 saturated heterocycles. The normalized spacial score (nSPS) is 14.6. The Labute approximate surface area is 171 Å². The van der Waals surface area contributed by atoms with Crippen molar-refractivity contribution in [1.82, 2.24) is 0 Å². The predicted octanol–water partition coefficient (Wildman–Crippen LogP) is 5.40. The molecule has 6 heteroatoms. The minimum Gasteiger partial charge on any atom is -0.489 e. The molecule has 4 rings (SSSR count). The zero-order valence-corrected chi connectivity index (χ0v) is 15.9. The number of benzene rings is 3. The van der Waals surface area contributed by atoms with Crippen LogP contribution in [0, 0.1) is 5.82 Å². The highest BCUT2D eigenvalue weighted by atomic mass is 35.5. The van der Waals surface area contributed by atoms with E-state index in [-0.39, 0.29) is 17.2 Å². The molecule has 0 atom stereocenters. The van der Waals surface area contributed by atoms with E-state index in [2.05, 4.69) is 4.99 Å². The monoisotopic (exact) mass is 407 g/mol. The Balaban J connectivity index is 1.54. The summed E-state index contributed by atoms with van der Waals surface area (Å²) in [4.78, 5) is 16.3. The van der Waals surface area contributed by atoms with Gasteiger partial charge in [-0.3, -0.25) is 0 Å². The van der Waals surface area contributed by atoms with Crippen LogP contribution in [0.1, 0.15) is 16.7 Å². The highest BCUT2D eigenvalue weighted by Gasteiger charge is 2.25. The van der Waals surface area contributed by atoms with Crippen LogP contribution in [0.2, 0.25) is 5.02 Å². The summed E-state index contributed by atoms with van der Waals surface area (Å²) in [5.74, 6) is -0.574. The molecule has 0 spiro atoms. The molecule has 3 aromatic carbocycles. The first-order valence-electron chi connectivity index (χ1n) is 8.84. The van der Waals surface area contributed by atoms with Crippen LogP contribution in [0.3, 0.4) is 0 Å². The Bertz CT molecular complexity index is 1140. The molecule has 0 saturated carbocycles. The number of ether oxygens (including phenoxy) is 2. The second-order valence-electron chi connectivity index (χ2n) is 6.27. The summed E-state index contributed by atoms with van der Waals surface area (Å²) in [5, 5.41) is 0.634. The van der Waals surface area contributed by atoms with E-state index in [1.165, 1.54) is 12.1 Å². The highest BCUT2D eigenvalue weighted by Crippen LogP contribution is 2.23. The average Bonchev–Trinajstić information content (AvgIpc) is 3.08. The molecule has 0 unspecified atom stereocenters. The van der Waals surface area contributed by atoms with E-state index in [9.17, 15) is 9.18 Å². The molecule has 0 amide bonds. The van der Waals surface area contributed by atoms with Crippen LogP contribution >= 0.6 is 11.6 Å². The van der Waals surface area contributed by atoms with Gasteiger partial charge in [-0.1, -0.05) is 54.1 Å². The lowest BCUT2D eigenvalue weighted by atomic mass is 10.2. The Morgan fingerprint density at radius 3 is 2.66 bits per heavy atom. The van der Waals surface area contributed by atoms with Gasteiger partial charge in [0, 0.05) is 10.6 Å².